The Bertz CT molecular complexity index is 834. The molecule has 144 valence electrons. The van der Waals surface area contributed by atoms with E-state index in [1.54, 1.807) is 47.0 Å². The lowest BCUT2D eigenvalue weighted by molar-refractivity contribution is -0.136. The van der Waals surface area contributed by atoms with Crippen molar-refractivity contribution in [1.29, 1.82) is 0 Å². The molecule has 10 heteroatoms. The molecule has 2 aromatic carbocycles. The molecule has 0 radical (unpaired) electrons. The number of hydrogen-bond acceptors (Lipinski definition) is 6. The third-order valence-corrected chi connectivity index (χ3v) is 3.04. The highest BCUT2D eigenvalue weighted by Crippen LogP contribution is 2.11. The molecular weight excluding hydrogens is 372 g/mol. The maximum absolute atomic E-state index is 11.9. The molecule has 28 heavy (non-hydrogen) atoms. The second-order valence-electron chi connectivity index (χ2n) is 5.02. The Morgan fingerprint density at radius 2 is 0.929 bits per heavy atom. The zero-order valence-electron chi connectivity index (χ0n) is 14.1. The minimum absolute atomic E-state index is 0.0954. The van der Waals surface area contributed by atoms with Gasteiger partial charge in [-0.15, -0.1) is 0 Å². The van der Waals surface area contributed by atoms with Crippen LogP contribution in [0.3, 0.4) is 0 Å². The predicted molar refractivity (Wildman–Crippen MR) is 93.5 cm³/mol. The van der Waals surface area contributed by atoms with Crippen molar-refractivity contribution in [2.24, 2.45) is 0 Å². The third kappa shape index (κ3) is 5.88. The normalized spacial score (nSPS) is 10.9. The summed E-state index contributed by atoms with van der Waals surface area (Å²) >= 11 is 0. The summed E-state index contributed by atoms with van der Waals surface area (Å²) in [4.78, 5) is 46.5. The lowest BCUT2D eigenvalue weighted by atomic mass is 10.3. The lowest BCUT2D eigenvalue weighted by Crippen LogP contribution is -2.38. The number of carbonyl (C=O) groups is 4. The number of aliphatic carboxylic acids is 2. The molecule has 0 unspecified atom stereocenters. The highest BCUT2D eigenvalue weighted by atomic mass is 16.6. The average Bonchev–Trinajstić information content (AvgIpc) is 2.65. The van der Waals surface area contributed by atoms with Crippen molar-refractivity contribution >= 4 is 24.1 Å². The molecule has 10 nitrogen and oxygen atoms in total. The van der Waals surface area contributed by atoms with E-state index >= 15 is 0 Å². The van der Waals surface area contributed by atoms with Crippen LogP contribution in [0.1, 0.15) is 0 Å². The quantitative estimate of drug-likeness (QED) is 0.550. The van der Waals surface area contributed by atoms with Crippen LogP contribution in [0.2, 0.25) is 0 Å². The maximum atomic E-state index is 11.9. The molecule has 0 saturated heterocycles. The van der Waals surface area contributed by atoms with Gasteiger partial charge in [0.05, 0.1) is 0 Å². The molecule has 2 rings (SSSR count). The zero-order chi connectivity index (χ0) is 20.5. The fourth-order valence-electron chi connectivity index (χ4n) is 1.89. The van der Waals surface area contributed by atoms with Crippen molar-refractivity contribution in [2.45, 2.75) is 0 Å². The topological polar surface area (TPSA) is 151 Å². The SMILES string of the molecule is O=C(N/C(C(=O)O)=C(\NC(=O)Oc1ccccc1)C(=O)O)Oc1ccccc1. The Balaban J connectivity index is 2.17. The summed E-state index contributed by atoms with van der Waals surface area (Å²) < 4.78 is 9.68. The molecule has 0 bridgehead atoms. The number of nitrogens with one attached hydrogen (secondary N) is 2. The van der Waals surface area contributed by atoms with Crippen LogP contribution in [0, 0.1) is 0 Å². The number of rotatable bonds is 6. The van der Waals surface area contributed by atoms with E-state index in [0.29, 0.717) is 0 Å². The van der Waals surface area contributed by atoms with Crippen molar-refractivity contribution in [3.63, 3.8) is 0 Å². The van der Waals surface area contributed by atoms with Crippen molar-refractivity contribution in [3.05, 3.63) is 72.1 Å². The van der Waals surface area contributed by atoms with Gasteiger partial charge in [-0.05, 0) is 24.3 Å². The molecule has 4 N–H and O–H groups in total. The zero-order valence-corrected chi connectivity index (χ0v) is 14.1. The number of carbonyl (C=O) groups excluding carboxylic acids is 2. The number of carboxylic acids is 2. The fraction of sp³-hybridized carbons (Fsp3) is 0. The van der Waals surface area contributed by atoms with Gasteiger partial charge in [0.15, 0.2) is 11.4 Å². The standard InChI is InChI=1S/C18H14N2O8/c21-15(22)13(19-17(25)27-11-7-3-1-4-8-11)14(16(23)24)20-18(26)28-12-9-5-2-6-10-12/h1-10H,(H,19,25)(H,20,26)(H,21,22)(H,23,24)/b14-13-. The van der Waals surface area contributed by atoms with Crippen LogP contribution in [0.5, 0.6) is 11.5 Å². The molecule has 0 fully saturated rings. The van der Waals surface area contributed by atoms with Gasteiger partial charge in [0.1, 0.15) is 11.5 Å². The van der Waals surface area contributed by atoms with Crippen molar-refractivity contribution in [2.75, 3.05) is 0 Å². The van der Waals surface area contributed by atoms with Crippen LogP contribution in [-0.2, 0) is 9.59 Å². The van der Waals surface area contributed by atoms with Crippen LogP contribution in [0.4, 0.5) is 9.59 Å². The van der Waals surface area contributed by atoms with E-state index in [-0.39, 0.29) is 11.5 Å². The minimum Gasteiger partial charge on any atom is -0.477 e. The first-order chi connectivity index (χ1) is 13.4. The number of amides is 2. The Hall–Kier alpha value is -4.34. The first-order valence-electron chi connectivity index (χ1n) is 7.65. The van der Waals surface area contributed by atoms with E-state index in [4.69, 9.17) is 9.47 Å². The smallest absolute Gasteiger partial charge is 0.417 e. The van der Waals surface area contributed by atoms with Gasteiger partial charge in [-0.3, -0.25) is 10.6 Å². The Morgan fingerprint density at radius 1 is 0.607 bits per heavy atom. The predicted octanol–water partition coefficient (Wildman–Crippen LogP) is 1.94. The number of carboxylic acid groups (broad SMARTS) is 2. The molecule has 0 saturated carbocycles. The van der Waals surface area contributed by atoms with Crippen LogP contribution in [0.15, 0.2) is 72.1 Å². The van der Waals surface area contributed by atoms with E-state index < -0.39 is 35.5 Å². The summed E-state index contributed by atoms with van der Waals surface area (Å²) in [5.41, 5.74) is -2.23. The number of ether oxygens (including phenoxy) is 2. The molecule has 2 amide bonds. The van der Waals surface area contributed by atoms with Crippen LogP contribution in [0.25, 0.3) is 0 Å². The Kier molecular flexibility index (Phi) is 6.69. The van der Waals surface area contributed by atoms with Gasteiger partial charge in [-0.25, -0.2) is 19.2 Å². The van der Waals surface area contributed by atoms with Gasteiger partial charge < -0.3 is 19.7 Å². The average molecular weight is 386 g/mol. The van der Waals surface area contributed by atoms with E-state index in [1.807, 2.05) is 0 Å². The van der Waals surface area contributed by atoms with Crippen molar-refractivity contribution in [1.82, 2.24) is 10.6 Å². The first kappa shape index (κ1) is 20.0. The monoisotopic (exact) mass is 386 g/mol. The molecule has 0 atom stereocenters. The molecular formula is C18H14N2O8. The van der Waals surface area contributed by atoms with Gasteiger partial charge in [-0.1, -0.05) is 36.4 Å². The van der Waals surface area contributed by atoms with Gasteiger partial charge in [0.25, 0.3) is 0 Å². The highest BCUT2D eigenvalue weighted by Gasteiger charge is 2.25. The molecule has 0 aliphatic heterocycles. The van der Waals surface area contributed by atoms with E-state index in [9.17, 15) is 29.4 Å². The van der Waals surface area contributed by atoms with Crippen LogP contribution < -0.4 is 20.1 Å². The van der Waals surface area contributed by atoms with Crippen LogP contribution in [-0.4, -0.2) is 34.3 Å². The van der Waals surface area contributed by atoms with Gasteiger partial charge in [0, 0.05) is 0 Å². The van der Waals surface area contributed by atoms with Gasteiger partial charge in [-0.2, -0.15) is 0 Å². The van der Waals surface area contributed by atoms with E-state index in [0.717, 1.165) is 0 Å². The first-order valence-corrected chi connectivity index (χ1v) is 7.65. The largest absolute Gasteiger partial charge is 0.477 e. The van der Waals surface area contributed by atoms with Crippen LogP contribution >= 0.6 is 0 Å². The van der Waals surface area contributed by atoms with Crippen molar-refractivity contribution in [3.8, 4) is 11.5 Å². The summed E-state index contributed by atoms with van der Waals surface area (Å²) in [7, 11) is 0. The Morgan fingerprint density at radius 3 is 1.21 bits per heavy atom. The summed E-state index contributed by atoms with van der Waals surface area (Å²) in [6.45, 7) is 0. The minimum atomic E-state index is -1.82. The second-order valence-corrected chi connectivity index (χ2v) is 5.02. The highest BCUT2D eigenvalue weighted by molar-refractivity contribution is 6.02. The molecule has 0 aliphatic rings. The van der Waals surface area contributed by atoms with E-state index in [1.165, 1.54) is 24.3 Å². The summed E-state index contributed by atoms with van der Waals surface area (Å²) in [5, 5.41) is 22.0. The molecule has 0 aromatic heterocycles. The number of para-hydroxylation sites is 2. The fourth-order valence-corrected chi connectivity index (χ4v) is 1.89. The molecule has 0 aliphatic carbocycles. The third-order valence-electron chi connectivity index (χ3n) is 3.04. The number of hydrogen-bond donors (Lipinski definition) is 4. The number of benzene rings is 2. The van der Waals surface area contributed by atoms with Gasteiger partial charge >= 0.3 is 24.1 Å². The summed E-state index contributed by atoms with van der Waals surface area (Å²) in [6, 6.07) is 15.3. The van der Waals surface area contributed by atoms with E-state index in [2.05, 4.69) is 0 Å². The summed E-state index contributed by atoms with van der Waals surface area (Å²) in [5.74, 6) is -3.44. The van der Waals surface area contributed by atoms with Crippen molar-refractivity contribution < 1.29 is 38.9 Å². The van der Waals surface area contributed by atoms with Gasteiger partial charge in [0.2, 0.25) is 0 Å². The molecule has 2 aromatic rings. The summed E-state index contributed by atoms with van der Waals surface area (Å²) in [6.07, 6.45) is -2.53. The molecule has 0 heterocycles. The lowest BCUT2D eigenvalue weighted by Gasteiger charge is -2.12. The second kappa shape index (κ2) is 9.38. The Labute approximate surface area is 158 Å². The molecule has 0 spiro atoms. The maximum Gasteiger partial charge on any atom is 0.417 e.